The van der Waals surface area contributed by atoms with Crippen LogP contribution in [0.2, 0.25) is 0 Å². The van der Waals surface area contributed by atoms with Crippen molar-refractivity contribution in [2.45, 2.75) is 32.6 Å². The van der Waals surface area contributed by atoms with Gasteiger partial charge in [-0.1, -0.05) is 12.8 Å². The second-order valence-electron chi connectivity index (χ2n) is 4.50. The summed E-state index contributed by atoms with van der Waals surface area (Å²) in [5.41, 5.74) is 0. The highest BCUT2D eigenvalue weighted by Crippen LogP contribution is 2.28. The number of ketones is 1. The van der Waals surface area contributed by atoms with Crippen LogP contribution in [0.3, 0.4) is 0 Å². The molecule has 0 aliphatic heterocycles. The van der Waals surface area contributed by atoms with Crippen LogP contribution < -0.4 is 0 Å². The molecule has 3 heteroatoms. The summed E-state index contributed by atoms with van der Waals surface area (Å²) in [6, 6.07) is 3.98. The van der Waals surface area contributed by atoms with E-state index in [0.717, 1.165) is 10.8 Å². The van der Waals surface area contributed by atoms with Crippen molar-refractivity contribution in [3.8, 4) is 0 Å². The van der Waals surface area contributed by atoms with E-state index in [4.69, 9.17) is 0 Å². The molecule has 0 spiro atoms. The molecule has 1 aromatic rings. The molecule has 1 heterocycles. The highest BCUT2D eigenvalue weighted by molar-refractivity contribution is 8.00. The number of rotatable bonds is 5. The van der Waals surface area contributed by atoms with Gasteiger partial charge in [-0.25, -0.2) is 0 Å². The van der Waals surface area contributed by atoms with Gasteiger partial charge in [0.05, 0.1) is 10.6 Å². The molecule has 0 N–H and O–H groups in total. The highest BCUT2D eigenvalue weighted by atomic mass is 32.2. The lowest BCUT2D eigenvalue weighted by Crippen LogP contribution is -2.04. The number of carbonyl (C=O) groups excluding carboxylic acids is 1. The third-order valence-electron chi connectivity index (χ3n) is 3.08. The monoisotopic (exact) mass is 254 g/mol. The Morgan fingerprint density at radius 3 is 2.81 bits per heavy atom. The van der Waals surface area contributed by atoms with Gasteiger partial charge in [0.25, 0.3) is 0 Å². The Hall–Kier alpha value is -0.280. The van der Waals surface area contributed by atoms with Gasteiger partial charge in [-0.3, -0.25) is 4.79 Å². The Balaban J connectivity index is 1.71. The van der Waals surface area contributed by atoms with Crippen molar-refractivity contribution in [3.63, 3.8) is 0 Å². The van der Waals surface area contributed by atoms with Crippen molar-refractivity contribution in [3.05, 3.63) is 21.9 Å². The van der Waals surface area contributed by atoms with E-state index in [1.54, 1.807) is 11.3 Å². The molecule has 16 heavy (non-hydrogen) atoms. The Bertz CT molecular complexity index is 351. The van der Waals surface area contributed by atoms with Crippen LogP contribution >= 0.6 is 23.1 Å². The van der Waals surface area contributed by atoms with Crippen molar-refractivity contribution in [1.82, 2.24) is 0 Å². The predicted octanol–water partition coefficient (Wildman–Crippen LogP) is 4.16. The Morgan fingerprint density at radius 2 is 2.19 bits per heavy atom. The summed E-state index contributed by atoms with van der Waals surface area (Å²) in [5.74, 6) is 3.02. The third-order valence-corrected chi connectivity index (χ3v) is 5.29. The van der Waals surface area contributed by atoms with Gasteiger partial charge in [0.2, 0.25) is 0 Å². The van der Waals surface area contributed by atoms with Gasteiger partial charge in [0.15, 0.2) is 5.78 Å². The lowest BCUT2D eigenvalue weighted by molar-refractivity contribution is 0.102. The van der Waals surface area contributed by atoms with Gasteiger partial charge in [-0.05, 0) is 43.6 Å². The Kier molecular flexibility index (Phi) is 4.47. The smallest absolute Gasteiger partial charge is 0.182 e. The number of thioether (sulfide) groups is 1. The van der Waals surface area contributed by atoms with Gasteiger partial charge in [0, 0.05) is 4.88 Å². The lowest BCUT2D eigenvalue weighted by Gasteiger charge is -2.06. The van der Waals surface area contributed by atoms with Crippen LogP contribution in [-0.2, 0) is 0 Å². The maximum Gasteiger partial charge on any atom is 0.182 e. The molecule has 2 rings (SSSR count). The second kappa shape index (κ2) is 5.87. The number of carbonyl (C=O) groups is 1. The van der Waals surface area contributed by atoms with Crippen LogP contribution in [0.25, 0.3) is 0 Å². The van der Waals surface area contributed by atoms with E-state index in [9.17, 15) is 4.79 Å². The van der Waals surface area contributed by atoms with Crippen LogP contribution in [-0.4, -0.2) is 17.3 Å². The summed E-state index contributed by atoms with van der Waals surface area (Å²) in [6.07, 6.45) is 5.53. The van der Waals surface area contributed by atoms with Crippen molar-refractivity contribution < 1.29 is 4.79 Å². The van der Waals surface area contributed by atoms with Crippen LogP contribution in [0.15, 0.2) is 12.1 Å². The zero-order valence-electron chi connectivity index (χ0n) is 9.70. The first kappa shape index (κ1) is 12.2. The summed E-state index contributed by atoms with van der Waals surface area (Å²) >= 11 is 3.44. The molecule has 0 unspecified atom stereocenters. The summed E-state index contributed by atoms with van der Waals surface area (Å²) < 4.78 is 0. The van der Waals surface area contributed by atoms with Crippen molar-refractivity contribution in [2.75, 3.05) is 11.5 Å². The summed E-state index contributed by atoms with van der Waals surface area (Å²) in [7, 11) is 0. The fourth-order valence-electron chi connectivity index (χ4n) is 2.15. The first-order chi connectivity index (χ1) is 7.75. The molecule has 0 saturated heterocycles. The first-order valence-corrected chi connectivity index (χ1v) is 7.90. The van der Waals surface area contributed by atoms with E-state index < -0.39 is 0 Å². The second-order valence-corrected chi connectivity index (χ2v) is 6.82. The van der Waals surface area contributed by atoms with E-state index in [-0.39, 0.29) is 0 Å². The Labute approximate surface area is 106 Å². The third kappa shape index (κ3) is 3.36. The minimum atomic E-state index is 0.307. The molecule has 1 saturated carbocycles. The Morgan fingerprint density at radius 1 is 1.44 bits per heavy atom. The quantitative estimate of drug-likeness (QED) is 0.734. The average molecular weight is 254 g/mol. The lowest BCUT2D eigenvalue weighted by atomic mass is 10.1. The molecule has 1 nitrogen and oxygen atoms in total. The van der Waals surface area contributed by atoms with Crippen molar-refractivity contribution >= 4 is 28.9 Å². The minimum absolute atomic E-state index is 0.307. The largest absolute Gasteiger partial charge is 0.292 e. The SMILES string of the molecule is Cc1ccc(C(=O)CSCC2CCCC2)s1. The number of hydrogen-bond donors (Lipinski definition) is 0. The molecule has 1 aromatic heterocycles. The topological polar surface area (TPSA) is 17.1 Å². The highest BCUT2D eigenvalue weighted by Gasteiger charge is 2.16. The number of hydrogen-bond acceptors (Lipinski definition) is 3. The van der Waals surface area contributed by atoms with E-state index in [0.29, 0.717) is 11.5 Å². The molecule has 88 valence electrons. The van der Waals surface area contributed by atoms with Crippen LogP contribution in [0.5, 0.6) is 0 Å². The van der Waals surface area contributed by atoms with Crippen LogP contribution in [0.4, 0.5) is 0 Å². The van der Waals surface area contributed by atoms with E-state index >= 15 is 0 Å². The van der Waals surface area contributed by atoms with Crippen LogP contribution in [0.1, 0.15) is 40.2 Å². The van der Waals surface area contributed by atoms with E-state index in [1.165, 1.54) is 36.3 Å². The normalized spacial score (nSPS) is 16.8. The minimum Gasteiger partial charge on any atom is -0.292 e. The predicted molar refractivity (Wildman–Crippen MR) is 72.7 cm³/mol. The molecule has 0 amide bonds. The molecule has 1 aliphatic carbocycles. The zero-order chi connectivity index (χ0) is 11.4. The molecular weight excluding hydrogens is 236 g/mol. The van der Waals surface area contributed by atoms with Gasteiger partial charge in [0.1, 0.15) is 0 Å². The van der Waals surface area contributed by atoms with Crippen LogP contribution in [0, 0.1) is 12.8 Å². The average Bonchev–Trinajstić information content (AvgIpc) is 2.89. The zero-order valence-corrected chi connectivity index (χ0v) is 11.3. The summed E-state index contributed by atoms with van der Waals surface area (Å²) in [5, 5.41) is 0. The summed E-state index contributed by atoms with van der Waals surface area (Å²) in [6.45, 7) is 2.05. The molecule has 0 aromatic carbocycles. The van der Waals surface area contributed by atoms with Gasteiger partial charge in [-0.15, -0.1) is 11.3 Å². The molecule has 0 radical (unpaired) electrons. The van der Waals surface area contributed by atoms with E-state index in [2.05, 4.69) is 0 Å². The molecule has 1 aliphatic rings. The fraction of sp³-hybridized carbons (Fsp3) is 0.615. The van der Waals surface area contributed by atoms with Crippen molar-refractivity contribution in [1.29, 1.82) is 0 Å². The fourth-order valence-corrected chi connectivity index (χ4v) is 4.17. The van der Waals surface area contributed by atoms with Gasteiger partial charge < -0.3 is 0 Å². The maximum absolute atomic E-state index is 11.8. The maximum atomic E-state index is 11.8. The molecular formula is C13H18OS2. The van der Waals surface area contributed by atoms with E-state index in [1.807, 2.05) is 30.8 Å². The standard InChI is InChI=1S/C13H18OS2/c1-10-6-7-13(16-10)12(14)9-15-8-11-4-2-3-5-11/h6-7,11H,2-5,8-9H2,1H3. The first-order valence-electron chi connectivity index (χ1n) is 5.93. The number of aryl methyl sites for hydroxylation is 1. The number of Topliss-reactive ketones (excluding diaryl/α,β-unsaturated/α-hetero) is 1. The molecule has 0 bridgehead atoms. The molecule has 0 atom stereocenters. The van der Waals surface area contributed by atoms with Gasteiger partial charge in [-0.2, -0.15) is 11.8 Å². The molecule has 1 fully saturated rings. The van der Waals surface area contributed by atoms with Gasteiger partial charge >= 0.3 is 0 Å². The number of thiophene rings is 1. The summed E-state index contributed by atoms with van der Waals surface area (Å²) in [4.78, 5) is 14.0. The van der Waals surface area contributed by atoms with Crippen molar-refractivity contribution in [2.24, 2.45) is 5.92 Å².